The van der Waals surface area contributed by atoms with Gasteiger partial charge in [-0.25, -0.2) is 14.1 Å². The second-order valence-corrected chi connectivity index (χ2v) is 7.84. The maximum absolute atomic E-state index is 14.6. The van der Waals surface area contributed by atoms with E-state index in [-0.39, 0.29) is 18.2 Å². The van der Waals surface area contributed by atoms with E-state index in [2.05, 4.69) is 15.4 Å². The van der Waals surface area contributed by atoms with Crippen molar-refractivity contribution in [3.05, 3.63) is 52.5 Å². The predicted molar refractivity (Wildman–Crippen MR) is 109 cm³/mol. The summed E-state index contributed by atoms with van der Waals surface area (Å²) in [5.41, 5.74) is 2.91. The number of rotatable bonds is 5. The topological polar surface area (TPSA) is 80.1 Å². The highest BCUT2D eigenvalue weighted by Crippen LogP contribution is 2.26. The van der Waals surface area contributed by atoms with Crippen LogP contribution in [0.5, 0.6) is 0 Å². The van der Waals surface area contributed by atoms with E-state index in [1.54, 1.807) is 22.4 Å². The van der Waals surface area contributed by atoms with Crippen molar-refractivity contribution in [2.45, 2.75) is 33.1 Å². The van der Waals surface area contributed by atoms with Gasteiger partial charge in [0.2, 0.25) is 11.8 Å². The quantitative estimate of drug-likeness (QED) is 0.695. The first-order valence-electron chi connectivity index (χ1n) is 9.28. The third-order valence-electron chi connectivity index (χ3n) is 4.65. The fourth-order valence-electron chi connectivity index (χ4n) is 3.35. The second kappa shape index (κ2) is 7.75. The van der Waals surface area contributed by atoms with Gasteiger partial charge in [-0.1, -0.05) is 0 Å². The van der Waals surface area contributed by atoms with Crippen molar-refractivity contribution >= 4 is 34.0 Å². The summed E-state index contributed by atoms with van der Waals surface area (Å²) in [4.78, 5) is 30.2. The molecule has 1 aliphatic rings. The van der Waals surface area contributed by atoms with Crippen molar-refractivity contribution < 1.29 is 14.0 Å². The fourth-order valence-corrected chi connectivity index (χ4v) is 4.22. The van der Waals surface area contributed by atoms with Crippen LogP contribution in [0.4, 0.5) is 15.2 Å². The van der Waals surface area contributed by atoms with E-state index < -0.39 is 5.82 Å². The molecule has 4 rings (SSSR count). The Morgan fingerprint density at radius 2 is 2.14 bits per heavy atom. The van der Waals surface area contributed by atoms with E-state index >= 15 is 0 Å². The summed E-state index contributed by atoms with van der Waals surface area (Å²) in [5.74, 6) is -0.709. The normalized spacial score (nSPS) is 13.9. The maximum atomic E-state index is 14.6. The molecule has 29 heavy (non-hydrogen) atoms. The summed E-state index contributed by atoms with van der Waals surface area (Å²) in [7, 11) is 0. The third kappa shape index (κ3) is 4.04. The third-order valence-corrected chi connectivity index (χ3v) is 5.57. The van der Waals surface area contributed by atoms with Crippen molar-refractivity contribution in [2.75, 3.05) is 16.8 Å². The molecule has 1 saturated heterocycles. The van der Waals surface area contributed by atoms with Gasteiger partial charge in [0, 0.05) is 29.7 Å². The Morgan fingerprint density at radius 1 is 1.31 bits per heavy atom. The molecule has 1 N–H and O–H groups in total. The smallest absolute Gasteiger partial charge is 0.230 e. The molecule has 1 fully saturated rings. The number of thiazole rings is 1. The first kappa shape index (κ1) is 19.3. The van der Waals surface area contributed by atoms with Crippen molar-refractivity contribution in [2.24, 2.45) is 0 Å². The van der Waals surface area contributed by atoms with Crippen LogP contribution < -0.4 is 10.2 Å². The molecule has 150 valence electrons. The zero-order chi connectivity index (χ0) is 20.5. The molecule has 2 amide bonds. The molecule has 0 unspecified atom stereocenters. The molecule has 1 aliphatic heterocycles. The Kier molecular flexibility index (Phi) is 5.14. The van der Waals surface area contributed by atoms with Crippen molar-refractivity contribution in [3.63, 3.8) is 0 Å². The van der Waals surface area contributed by atoms with Crippen LogP contribution in [0.15, 0.2) is 29.6 Å². The van der Waals surface area contributed by atoms with Gasteiger partial charge in [0.05, 0.1) is 17.8 Å². The standard InChI is InChI=1S/C20H20FN5O2S/c1-12-8-13(2)26(24-12)17-6-5-14(9-16(17)21)22-18(27)10-15-11-29-20(23-15)25-7-3-4-19(25)28/h5-6,8-9,11H,3-4,7,10H2,1-2H3,(H,22,27). The molecule has 0 atom stereocenters. The van der Waals surface area contributed by atoms with Gasteiger partial charge in [-0.3, -0.25) is 14.5 Å². The average molecular weight is 413 g/mol. The first-order chi connectivity index (χ1) is 13.9. The number of halogens is 1. The SMILES string of the molecule is Cc1cc(C)n(-c2ccc(NC(=O)Cc3csc(N4CCCC4=O)n3)cc2F)n1. The summed E-state index contributed by atoms with van der Waals surface area (Å²) in [6, 6.07) is 6.37. The summed E-state index contributed by atoms with van der Waals surface area (Å²) in [5, 5.41) is 9.37. The summed E-state index contributed by atoms with van der Waals surface area (Å²) in [6.07, 6.45) is 1.42. The average Bonchev–Trinajstić information content (AvgIpc) is 3.36. The van der Waals surface area contributed by atoms with Crippen LogP contribution in [0.2, 0.25) is 0 Å². The lowest BCUT2D eigenvalue weighted by atomic mass is 10.2. The molecule has 0 spiro atoms. The van der Waals surface area contributed by atoms with E-state index in [9.17, 15) is 14.0 Å². The molecule has 3 aromatic rings. The molecular weight excluding hydrogens is 393 g/mol. The van der Waals surface area contributed by atoms with Gasteiger partial charge < -0.3 is 5.32 Å². The van der Waals surface area contributed by atoms with Crippen molar-refractivity contribution in [1.29, 1.82) is 0 Å². The monoisotopic (exact) mass is 413 g/mol. The van der Waals surface area contributed by atoms with E-state index in [4.69, 9.17) is 0 Å². The number of anilines is 2. The molecule has 0 bridgehead atoms. The minimum Gasteiger partial charge on any atom is -0.326 e. The molecule has 9 heteroatoms. The van der Waals surface area contributed by atoms with Crippen LogP contribution in [-0.4, -0.2) is 33.1 Å². The lowest BCUT2D eigenvalue weighted by Gasteiger charge is -2.10. The molecule has 3 heterocycles. The minimum absolute atomic E-state index is 0.0549. The summed E-state index contributed by atoms with van der Waals surface area (Å²) in [6.45, 7) is 4.37. The van der Waals surface area contributed by atoms with Gasteiger partial charge in [-0.15, -0.1) is 11.3 Å². The number of aromatic nitrogens is 3. The summed E-state index contributed by atoms with van der Waals surface area (Å²) >= 11 is 1.35. The number of amides is 2. The Bertz CT molecular complexity index is 1090. The maximum Gasteiger partial charge on any atom is 0.230 e. The van der Waals surface area contributed by atoms with Gasteiger partial charge in [-0.2, -0.15) is 5.10 Å². The molecule has 0 saturated carbocycles. The number of nitrogens with one attached hydrogen (secondary N) is 1. The van der Waals surface area contributed by atoms with Gasteiger partial charge in [0.15, 0.2) is 10.9 Å². The number of benzene rings is 1. The Balaban J connectivity index is 1.42. The number of hydrogen-bond acceptors (Lipinski definition) is 5. The van der Waals surface area contributed by atoms with Crippen molar-refractivity contribution in [1.82, 2.24) is 14.8 Å². The molecular formula is C20H20FN5O2S. The van der Waals surface area contributed by atoms with Gasteiger partial charge in [0.25, 0.3) is 0 Å². The first-order valence-corrected chi connectivity index (χ1v) is 10.2. The molecule has 0 radical (unpaired) electrons. The van der Waals surface area contributed by atoms with Crippen LogP contribution in [-0.2, 0) is 16.0 Å². The van der Waals surface area contributed by atoms with Gasteiger partial charge in [-0.05, 0) is 44.5 Å². The van der Waals surface area contributed by atoms with Crippen LogP contribution in [0, 0.1) is 19.7 Å². The van der Waals surface area contributed by atoms with Crippen LogP contribution in [0.3, 0.4) is 0 Å². The highest BCUT2D eigenvalue weighted by molar-refractivity contribution is 7.14. The highest BCUT2D eigenvalue weighted by Gasteiger charge is 2.24. The highest BCUT2D eigenvalue weighted by atomic mass is 32.1. The van der Waals surface area contributed by atoms with Crippen LogP contribution in [0.1, 0.15) is 29.9 Å². The zero-order valence-corrected chi connectivity index (χ0v) is 16.9. The lowest BCUT2D eigenvalue weighted by Crippen LogP contribution is -2.23. The van der Waals surface area contributed by atoms with Gasteiger partial charge >= 0.3 is 0 Å². The molecule has 2 aromatic heterocycles. The molecule has 7 nitrogen and oxygen atoms in total. The summed E-state index contributed by atoms with van der Waals surface area (Å²) < 4.78 is 16.1. The molecule has 1 aromatic carbocycles. The second-order valence-electron chi connectivity index (χ2n) is 7.00. The Labute approximate surface area is 171 Å². The van der Waals surface area contributed by atoms with E-state index in [1.165, 1.54) is 22.1 Å². The number of hydrogen-bond donors (Lipinski definition) is 1. The lowest BCUT2D eigenvalue weighted by molar-refractivity contribution is -0.117. The van der Waals surface area contributed by atoms with E-state index in [0.717, 1.165) is 17.8 Å². The Hall–Kier alpha value is -3.07. The van der Waals surface area contributed by atoms with Gasteiger partial charge in [0.1, 0.15) is 5.69 Å². The zero-order valence-electron chi connectivity index (χ0n) is 16.1. The molecule has 0 aliphatic carbocycles. The van der Waals surface area contributed by atoms with E-state index in [1.807, 2.05) is 19.9 Å². The predicted octanol–water partition coefficient (Wildman–Crippen LogP) is 3.39. The number of aryl methyl sites for hydroxylation is 2. The number of carbonyl (C=O) groups is 2. The van der Waals surface area contributed by atoms with Crippen LogP contribution >= 0.6 is 11.3 Å². The van der Waals surface area contributed by atoms with E-state index in [0.29, 0.717) is 35.2 Å². The minimum atomic E-state index is -0.475. The fraction of sp³-hybridized carbons (Fsp3) is 0.300. The van der Waals surface area contributed by atoms with Crippen LogP contribution in [0.25, 0.3) is 5.69 Å². The Morgan fingerprint density at radius 3 is 2.79 bits per heavy atom. The number of carbonyl (C=O) groups excluding carboxylic acids is 2. The van der Waals surface area contributed by atoms with Crippen molar-refractivity contribution in [3.8, 4) is 5.69 Å². The largest absolute Gasteiger partial charge is 0.326 e. The number of nitrogens with zero attached hydrogens (tertiary/aromatic N) is 4.